The van der Waals surface area contributed by atoms with Crippen LogP contribution in [-0.2, 0) is 12.0 Å². The molecule has 1 aliphatic rings. The highest BCUT2D eigenvalue weighted by molar-refractivity contribution is 5.95. The van der Waals surface area contributed by atoms with Gasteiger partial charge in [0.15, 0.2) is 5.82 Å². The first kappa shape index (κ1) is 43.4. The fraction of sp³-hybridized carbons (Fsp3) is 0.304. The Morgan fingerprint density at radius 1 is 0.723 bits per heavy atom. The van der Waals surface area contributed by atoms with Gasteiger partial charge < -0.3 is 5.32 Å². The summed E-state index contributed by atoms with van der Waals surface area (Å²) in [6, 6.07) is 53.2. The van der Waals surface area contributed by atoms with Crippen LogP contribution in [0.2, 0.25) is 0 Å². The minimum absolute atomic E-state index is 0.0131. The van der Waals surface area contributed by atoms with Crippen molar-refractivity contribution >= 4 is 22.8 Å². The largest absolute Gasteiger partial charge is 0.335 e. The Morgan fingerprint density at radius 3 is 1.95 bits per heavy atom. The molecule has 2 aromatic heterocycles. The van der Waals surface area contributed by atoms with Crippen LogP contribution < -0.4 is 10.2 Å². The highest BCUT2D eigenvalue weighted by atomic mass is 16.2. The van der Waals surface area contributed by atoms with Crippen molar-refractivity contribution in [1.82, 2.24) is 35.1 Å². The first-order valence-corrected chi connectivity index (χ1v) is 23.8. The number of urea groups is 1. The zero-order valence-corrected chi connectivity index (χ0v) is 38.0. The van der Waals surface area contributed by atoms with Crippen LogP contribution in [0.3, 0.4) is 0 Å². The van der Waals surface area contributed by atoms with Crippen LogP contribution in [0.25, 0.3) is 39.2 Å². The van der Waals surface area contributed by atoms with Crippen LogP contribution >= 0.6 is 0 Å². The van der Waals surface area contributed by atoms with Crippen molar-refractivity contribution in [3.63, 3.8) is 0 Å². The molecular formula is C56H60N8O. The van der Waals surface area contributed by atoms with E-state index in [1.54, 1.807) is 0 Å². The second-order valence-corrected chi connectivity index (χ2v) is 17.5. The summed E-state index contributed by atoms with van der Waals surface area (Å²) in [4.78, 5) is 21.5. The number of nitrogens with zero attached hydrogens (tertiary/aromatic N) is 7. The van der Waals surface area contributed by atoms with Crippen molar-refractivity contribution in [3.8, 4) is 28.2 Å². The third-order valence-electron chi connectivity index (χ3n) is 13.3. The van der Waals surface area contributed by atoms with E-state index in [-0.39, 0.29) is 12.1 Å². The monoisotopic (exact) mass is 860 g/mol. The highest BCUT2D eigenvalue weighted by Gasteiger charge is 2.42. The molecule has 2 amide bonds. The van der Waals surface area contributed by atoms with E-state index in [1.165, 1.54) is 6.42 Å². The van der Waals surface area contributed by atoms with Gasteiger partial charge in [0.05, 0.1) is 16.7 Å². The predicted molar refractivity (Wildman–Crippen MR) is 264 cm³/mol. The predicted octanol–water partition coefficient (Wildman–Crippen LogP) is 12.9. The Kier molecular flexibility index (Phi) is 13.3. The summed E-state index contributed by atoms with van der Waals surface area (Å²) in [5, 5.41) is 17.9. The molecule has 1 fully saturated rings. The van der Waals surface area contributed by atoms with E-state index < -0.39 is 5.54 Å². The maximum absolute atomic E-state index is 14.2. The van der Waals surface area contributed by atoms with Crippen molar-refractivity contribution in [2.75, 3.05) is 11.4 Å². The summed E-state index contributed by atoms with van der Waals surface area (Å²) in [6.45, 7) is 7.27. The van der Waals surface area contributed by atoms with Gasteiger partial charge in [-0.15, -0.1) is 5.10 Å². The molecule has 1 aliphatic carbocycles. The van der Waals surface area contributed by atoms with Crippen molar-refractivity contribution in [2.24, 2.45) is 0 Å². The molecule has 9 heteroatoms. The van der Waals surface area contributed by atoms with E-state index in [4.69, 9.17) is 15.3 Å². The minimum atomic E-state index is -0.943. The number of imidazole rings is 1. The summed E-state index contributed by atoms with van der Waals surface area (Å²) in [6.07, 6.45) is 11.5. The fourth-order valence-electron chi connectivity index (χ4n) is 9.98. The van der Waals surface area contributed by atoms with Crippen LogP contribution in [0, 0.1) is 6.92 Å². The number of hydrogen-bond donors (Lipinski definition) is 1. The molecule has 0 saturated heterocycles. The molecule has 2 heterocycles. The van der Waals surface area contributed by atoms with Gasteiger partial charge in [-0.1, -0.05) is 180 Å². The van der Waals surface area contributed by atoms with Crippen molar-refractivity contribution in [3.05, 3.63) is 180 Å². The number of unbranched alkanes of at least 4 members (excludes halogenated alkanes) is 3. The molecule has 0 bridgehead atoms. The van der Waals surface area contributed by atoms with Crippen LogP contribution in [0.4, 0.5) is 10.5 Å². The number of nitrogens with one attached hydrogen (secondary N) is 1. The molecule has 6 aromatic carbocycles. The first-order valence-electron chi connectivity index (χ1n) is 23.8. The van der Waals surface area contributed by atoms with Gasteiger partial charge in [0.1, 0.15) is 11.4 Å². The molecule has 0 aliphatic heterocycles. The quantitative estimate of drug-likeness (QED) is 0.0771. The summed E-state index contributed by atoms with van der Waals surface area (Å²) in [5.74, 6) is 1.62. The Morgan fingerprint density at radius 2 is 1.34 bits per heavy atom. The highest BCUT2D eigenvalue weighted by Crippen LogP contribution is 2.45. The van der Waals surface area contributed by atoms with Gasteiger partial charge in [-0.25, -0.2) is 14.5 Å². The third kappa shape index (κ3) is 8.60. The van der Waals surface area contributed by atoms with E-state index in [2.05, 4.69) is 188 Å². The summed E-state index contributed by atoms with van der Waals surface area (Å²) in [7, 11) is 0. The normalized spacial score (nSPS) is 13.3. The Hall–Kier alpha value is -6.87. The number of hydrogen-bond acceptors (Lipinski definition) is 5. The van der Waals surface area contributed by atoms with Crippen LogP contribution in [-0.4, -0.2) is 48.4 Å². The zero-order valence-electron chi connectivity index (χ0n) is 38.0. The second-order valence-electron chi connectivity index (χ2n) is 17.5. The van der Waals surface area contributed by atoms with E-state index >= 15 is 0 Å². The number of aryl methyl sites for hydroxylation is 1. The van der Waals surface area contributed by atoms with Gasteiger partial charge in [-0.3, -0.25) is 9.47 Å². The van der Waals surface area contributed by atoms with E-state index in [1.807, 2.05) is 9.58 Å². The number of carbonyl (C=O) groups is 1. The molecule has 0 radical (unpaired) electrons. The topological polar surface area (TPSA) is 93.8 Å². The van der Waals surface area contributed by atoms with Gasteiger partial charge in [0.2, 0.25) is 0 Å². The Labute approximate surface area is 383 Å². The van der Waals surface area contributed by atoms with Crippen molar-refractivity contribution in [1.29, 1.82) is 0 Å². The number of anilines is 1. The molecule has 0 spiro atoms. The van der Waals surface area contributed by atoms with Gasteiger partial charge in [-0.05, 0) is 101 Å². The standard InChI is InChI=1S/C56H60N8O/c1-4-6-23-39-62(55(65)57-46-32-21-12-22-33-46)47-35-37-49-51(40-47)63(52(58-49)34-7-5-2)50-38-36-48(42-24-13-8-14-25-42)53(41(50)3)54-59-60-61-64(54)56(43-26-15-9-16-27-43,44-28-17-10-18-29-44)45-30-19-11-20-31-45/h8-11,13-20,24-31,35-38,40,46H,4-7,12,21-23,32-34,39H2,1-3H3,(H,57,65). The van der Waals surface area contributed by atoms with Crippen molar-refractivity contribution < 1.29 is 4.79 Å². The number of amides is 2. The number of carbonyl (C=O) groups excluding carboxylic acids is 1. The maximum Gasteiger partial charge on any atom is 0.322 e. The lowest BCUT2D eigenvalue weighted by Gasteiger charge is -2.36. The Bertz CT molecular complexity index is 2720. The number of benzene rings is 6. The van der Waals surface area contributed by atoms with Gasteiger partial charge in [0, 0.05) is 30.3 Å². The second kappa shape index (κ2) is 19.9. The lowest BCUT2D eigenvalue weighted by Crippen LogP contribution is -2.46. The SMILES string of the molecule is CCCCCN(C(=O)NC1CCCCC1)c1ccc2nc(CCCC)n(-c3ccc(-c4ccccc4)c(-c4nnnn4C(c4ccccc4)(c4ccccc4)c4ccccc4)c3C)c2c1. The number of rotatable bonds is 16. The molecule has 330 valence electrons. The maximum atomic E-state index is 14.2. The molecule has 1 N–H and O–H groups in total. The number of fused-ring (bicyclic) bond motifs is 1. The van der Waals surface area contributed by atoms with Gasteiger partial charge in [-0.2, -0.15) is 0 Å². The van der Waals surface area contributed by atoms with Crippen LogP contribution in [0.15, 0.2) is 152 Å². The van der Waals surface area contributed by atoms with E-state index in [9.17, 15) is 4.79 Å². The zero-order chi connectivity index (χ0) is 44.6. The molecule has 65 heavy (non-hydrogen) atoms. The Balaban J connectivity index is 1.28. The first-order chi connectivity index (χ1) is 32.0. The minimum Gasteiger partial charge on any atom is -0.335 e. The smallest absolute Gasteiger partial charge is 0.322 e. The average molecular weight is 861 g/mol. The lowest BCUT2D eigenvalue weighted by molar-refractivity contribution is 0.238. The molecule has 0 unspecified atom stereocenters. The van der Waals surface area contributed by atoms with Gasteiger partial charge in [0.25, 0.3) is 0 Å². The summed E-state index contributed by atoms with van der Waals surface area (Å²) < 4.78 is 4.37. The van der Waals surface area contributed by atoms with Crippen molar-refractivity contribution in [2.45, 2.75) is 103 Å². The lowest BCUT2D eigenvalue weighted by atomic mass is 9.76. The molecule has 0 atom stereocenters. The summed E-state index contributed by atoms with van der Waals surface area (Å²) in [5.41, 5.74) is 9.93. The third-order valence-corrected chi connectivity index (χ3v) is 13.3. The van der Waals surface area contributed by atoms with Crippen LogP contribution in [0.1, 0.15) is 106 Å². The fourth-order valence-corrected chi connectivity index (χ4v) is 9.98. The summed E-state index contributed by atoms with van der Waals surface area (Å²) >= 11 is 0. The molecule has 8 aromatic rings. The van der Waals surface area contributed by atoms with E-state index in [0.29, 0.717) is 12.4 Å². The van der Waals surface area contributed by atoms with Crippen LogP contribution in [0.5, 0.6) is 0 Å². The number of aromatic nitrogens is 6. The average Bonchev–Trinajstić information content (AvgIpc) is 3.99. The molecule has 1 saturated carbocycles. The number of tetrazole rings is 1. The molecular weight excluding hydrogens is 801 g/mol. The molecule has 9 nitrogen and oxygen atoms in total. The molecule has 9 rings (SSSR count). The van der Waals surface area contributed by atoms with Gasteiger partial charge >= 0.3 is 6.03 Å². The van der Waals surface area contributed by atoms with E-state index in [0.717, 1.165) is 131 Å².